The number of nitrogens with one attached hydrogen (secondary N) is 1. The summed E-state index contributed by atoms with van der Waals surface area (Å²) in [5.41, 5.74) is 1.77. The average Bonchev–Trinajstić information content (AvgIpc) is 2.88. The van der Waals surface area contributed by atoms with Gasteiger partial charge < -0.3 is 15.0 Å². The van der Waals surface area contributed by atoms with Crippen LogP contribution in [-0.4, -0.2) is 47.2 Å². The number of benzene rings is 3. The number of para-hydroxylation sites is 1. The third-order valence-corrected chi connectivity index (χ3v) is 7.32. The Morgan fingerprint density at radius 2 is 1.59 bits per heavy atom. The van der Waals surface area contributed by atoms with Crippen LogP contribution in [0.1, 0.15) is 5.56 Å². The van der Waals surface area contributed by atoms with E-state index in [0.29, 0.717) is 13.2 Å². The van der Waals surface area contributed by atoms with Crippen LogP contribution >= 0.6 is 0 Å². The van der Waals surface area contributed by atoms with Gasteiger partial charge in [-0.1, -0.05) is 42.5 Å². The second-order valence-electron chi connectivity index (χ2n) is 7.82. The lowest BCUT2D eigenvalue weighted by Gasteiger charge is -2.29. The van der Waals surface area contributed by atoms with Crippen LogP contribution in [0.5, 0.6) is 0 Å². The Bertz CT molecular complexity index is 1210. The molecule has 0 unspecified atom stereocenters. The molecule has 0 aromatic heterocycles. The lowest BCUT2D eigenvalue weighted by molar-refractivity contribution is -0.119. The van der Waals surface area contributed by atoms with Crippen molar-refractivity contribution in [3.05, 3.63) is 90.2 Å². The molecular weight excluding hydrogens is 457 g/mol. The van der Waals surface area contributed by atoms with Gasteiger partial charge in [-0.2, -0.15) is 0 Å². The lowest BCUT2D eigenvalue weighted by Crippen LogP contribution is -2.41. The number of morpholine rings is 1. The molecule has 1 aliphatic rings. The second kappa shape index (κ2) is 10.7. The van der Waals surface area contributed by atoms with Crippen molar-refractivity contribution in [1.82, 2.24) is 5.32 Å². The van der Waals surface area contributed by atoms with E-state index in [1.165, 1.54) is 30.3 Å². The molecule has 34 heavy (non-hydrogen) atoms. The maximum absolute atomic E-state index is 14.5. The molecule has 3 aromatic carbocycles. The fourth-order valence-corrected chi connectivity index (χ4v) is 5.16. The molecule has 0 bridgehead atoms. The Morgan fingerprint density at radius 3 is 2.26 bits per heavy atom. The Hall–Kier alpha value is -3.43. The molecule has 0 aliphatic carbocycles. The number of carbonyl (C=O) groups is 1. The summed E-state index contributed by atoms with van der Waals surface area (Å²) in [6.07, 6.45) is 0. The number of nitrogens with zero attached hydrogens (tertiary/aromatic N) is 2. The molecule has 9 heteroatoms. The highest BCUT2D eigenvalue weighted by molar-refractivity contribution is 7.92. The molecule has 7 nitrogen and oxygen atoms in total. The van der Waals surface area contributed by atoms with E-state index in [9.17, 15) is 17.6 Å². The summed E-state index contributed by atoms with van der Waals surface area (Å²) in [4.78, 5) is 14.9. The summed E-state index contributed by atoms with van der Waals surface area (Å²) >= 11 is 0. The molecule has 1 fully saturated rings. The normalized spacial score (nSPS) is 14.0. The van der Waals surface area contributed by atoms with Gasteiger partial charge in [0.15, 0.2) is 0 Å². The van der Waals surface area contributed by atoms with E-state index in [-0.39, 0.29) is 17.1 Å². The predicted octanol–water partition coefficient (Wildman–Crippen LogP) is 3.17. The number of halogens is 1. The fourth-order valence-electron chi connectivity index (χ4n) is 3.71. The van der Waals surface area contributed by atoms with Gasteiger partial charge in [-0.05, 0) is 42.0 Å². The minimum absolute atomic E-state index is 0.0234. The number of ether oxygens (including phenoxy) is 1. The first-order valence-corrected chi connectivity index (χ1v) is 12.4. The number of carbonyl (C=O) groups excluding carboxylic acids is 1. The molecule has 1 aliphatic heterocycles. The van der Waals surface area contributed by atoms with Crippen LogP contribution < -0.4 is 14.5 Å². The zero-order chi connectivity index (χ0) is 24.0. The lowest BCUT2D eigenvalue weighted by atomic mass is 10.2. The topological polar surface area (TPSA) is 79.0 Å². The van der Waals surface area contributed by atoms with E-state index in [1.54, 1.807) is 18.2 Å². The van der Waals surface area contributed by atoms with Crippen LogP contribution in [0, 0.1) is 5.82 Å². The van der Waals surface area contributed by atoms with Gasteiger partial charge in [0, 0.05) is 25.3 Å². The van der Waals surface area contributed by atoms with Gasteiger partial charge in [0.1, 0.15) is 12.4 Å². The monoisotopic (exact) mass is 483 g/mol. The molecule has 178 valence electrons. The first-order chi connectivity index (χ1) is 16.4. The maximum Gasteiger partial charge on any atom is 0.264 e. The smallest absolute Gasteiger partial charge is 0.264 e. The number of hydrogen-bond acceptors (Lipinski definition) is 5. The highest BCUT2D eigenvalue weighted by Crippen LogP contribution is 2.26. The quantitative estimate of drug-likeness (QED) is 0.533. The standard InChI is InChI=1S/C25H26FN3O4S/c26-23-8-4-5-9-24(23)29(34(31,32)22-6-2-1-3-7-22)19-25(30)27-18-20-10-12-21(13-11-20)28-14-16-33-17-15-28/h1-13H,14-19H2,(H,27,30). The first-order valence-electron chi connectivity index (χ1n) is 11.0. The number of amides is 1. The summed E-state index contributed by atoms with van der Waals surface area (Å²) < 4.78 is 47.2. The van der Waals surface area contributed by atoms with E-state index >= 15 is 0 Å². The summed E-state index contributed by atoms with van der Waals surface area (Å²) in [6, 6.07) is 21.0. The highest BCUT2D eigenvalue weighted by Gasteiger charge is 2.28. The first kappa shape index (κ1) is 23.7. The number of anilines is 2. The van der Waals surface area contributed by atoms with Crippen molar-refractivity contribution >= 4 is 27.3 Å². The summed E-state index contributed by atoms with van der Waals surface area (Å²) in [6.45, 7) is 2.73. The molecule has 1 saturated heterocycles. The Labute approximate surface area is 198 Å². The van der Waals surface area contributed by atoms with Crippen LogP contribution in [0.4, 0.5) is 15.8 Å². The molecule has 0 atom stereocenters. The molecule has 1 heterocycles. The predicted molar refractivity (Wildman–Crippen MR) is 129 cm³/mol. The maximum atomic E-state index is 14.5. The number of rotatable bonds is 8. The molecular formula is C25H26FN3O4S. The minimum Gasteiger partial charge on any atom is -0.378 e. The molecule has 1 amide bonds. The average molecular weight is 484 g/mol. The molecule has 0 saturated carbocycles. The Morgan fingerprint density at radius 1 is 0.941 bits per heavy atom. The Kier molecular flexibility index (Phi) is 7.44. The van der Waals surface area contributed by atoms with E-state index in [0.717, 1.165) is 34.7 Å². The molecule has 1 N–H and O–H groups in total. The van der Waals surface area contributed by atoms with Crippen molar-refractivity contribution in [2.45, 2.75) is 11.4 Å². The van der Waals surface area contributed by atoms with Crippen molar-refractivity contribution in [3.63, 3.8) is 0 Å². The third-order valence-electron chi connectivity index (χ3n) is 5.54. The summed E-state index contributed by atoms with van der Waals surface area (Å²) in [7, 11) is -4.16. The van der Waals surface area contributed by atoms with Gasteiger partial charge in [-0.3, -0.25) is 9.10 Å². The van der Waals surface area contributed by atoms with E-state index in [1.807, 2.05) is 24.3 Å². The van der Waals surface area contributed by atoms with Gasteiger partial charge in [-0.25, -0.2) is 12.8 Å². The second-order valence-corrected chi connectivity index (χ2v) is 9.68. The van der Waals surface area contributed by atoms with Gasteiger partial charge in [0.05, 0.1) is 23.8 Å². The SMILES string of the molecule is O=C(CN(c1ccccc1F)S(=O)(=O)c1ccccc1)NCc1ccc(N2CCOCC2)cc1. The van der Waals surface area contributed by atoms with E-state index in [2.05, 4.69) is 10.2 Å². The minimum atomic E-state index is -4.16. The van der Waals surface area contributed by atoms with E-state index < -0.39 is 28.3 Å². The van der Waals surface area contributed by atoms with Crippen molar-refractivity contribution in [3.8, 4) is 0 Å². The van der Waals surface area contributed by atoms with Gasteiger partial charge >= 0.3 is 0 Å². The van der Waals surface area contributed by atoms with Crippen LogP contribution in [-0.2, 0) is 26.1 Å². The van der Waals surface area contributed by atoms with Crippen LogP contribution in [0.3, 0.4) is 0 Å². The summed E-state index contributed by atoms with van der Waals surface area (Å²) in [5.74, 6) is -1.27. The number of hydrogen-bond donors (Lipinski definition) is 1. The third kappa shape index (κ3) is 5.55. The Balaban J connectivity index is 1.46. The van der Waals surface area contributed by atoms with Crippen molar-refractivity contribution in [2.75, 3.05) is 42.1 Å². The van der Waals surface area contributed by atoms with Gasteiger partial charge in [-0.15, -0.1) is 0 Å². The zero-order valence-corrected chi connectivity index (χ0v) is 19.4. The van der Waals surface area contributed by atoms with Crippen LogP contribution in [0.25, 0.3) is 0 Å². The van der Waals surface area contributed by atoms with Crippen LogP contribution in [0.15, 0.2) is 83.8 Å². The molecule has 3 aromatic rings. The van der Waals surface area contributed by atoms with Gasteiger partial charge in [0.2, 0.25) is 5.91 Å². The van der Waals surface area contributed by atoms with E-state index in [4.69, 9.17) is 4.74 Å². The fraction of sp³-hybridized carbons (Fsp3) is 0.240. The van der Waals surface area contributed by atoms with Gasteiger partial charge in [0.25, 0.3) is 10.0 Å². The van der Waals surface area contributed by atoms with Crippen molar-refractivity contribution < 1.29 is 22.3 Å². The molecule has 0 radical (unpaired) electrons. The number of sulfonamides is 1. The largest absolute Gasteiger partial charge is 0.378 e. The van der Waals surface area contributed by atoms with Crippen molar-refractivity contribution in [2.24, 2.45) is 0 Å². The van der Waals surface area contributed by atoms with Crippen molar-refractivity contribution in [1.29, 1.82) is 0 Å². The molecule has 0 spiro atoms. The van der Waals surface area contributed by atoms with Crippen LogP contribution in [0.2, 0.25) is 0 Å². The zero-order valence-electron chi connectivity index (χ0n) is 18.6. The molecule has 4 rings (SSSR count). The highest BCUT2D eigenvalue weighted by atomic mass is 32.2. The summed E-state index contributed by atoms with van der Waals surface area (Å²) in [5, 5.41) is 2.74.